The fraction of sp³-hybridized carbons (Fsp3) is 0.517. The second kappa shape index (κ2) is 11.0. The van der Waals surface area contributed by atoms with Crippen molar-refractivity contribution in [1.82, 2.24) is 4.90 Å². The molecule has 3 N–H and O–H groups in total. The number of anilines is 1. The van der Waals surface area contributed by atoms with Gasteiger partial charge in [-0.2, -0.15) is 0 Å². The lowest BCUT2D eigenvalue weighted by molar-refractivity contribution is -0.939. The molecule has 2 aliphatic heterocycles. The number of carbonyl (C=O) groups excluding carboxylic acids is 1. The highest BCUT2D eigenvalue weighted by Crippen LogP contribution is 2.28. The van der Waals surface area contributed by atoms with E-state index in [1.54, 1.807) is 0 Å². The van der Waals surface area contributed by atoms with E-state index < -0.39 is 5.60 Å². The van der Waals surface area contributed by atoms with Crippen LogP contribution in [0.15, 0.2) is 54.6 Å². The lowest BCUT2D eigenvalue weighted by Gasteiger charge is -2.47. The topological polar surface area (TPSA) is 82.7 Å². The summed E-state index contributed by atoms with van der Waals surface area (Å²) < 4.78 is 6.51. The lowest BCUT2D eigenvalue weighted by Crippen LogP contribution is -2.60. The molecule has 0 unspecified atom stereocenters. The summed E-state index contributed by atoms with van der Waals surface area (Å²) >= 11 is 0. The Morgan fingerprint density at radius 3 is 2.17 bits per heavy atom. The number of ether oxygens (including phenoxy) is 1. The van der Waals surface area contributed by atoms with Crippen LogP contribution in [-0.4, -0.2) is 78.6 Å². The molecule has 2 aromatic carbocycles. The quantitative estimate of drug-likeness (QED) is 0.267. The summed E-state index contributed by atoms with van der Waals surface area (Å²) in [5.74, 6) is 0.0124. The van der Waals surface area contributed by atoms with Crippen molar-refractivity contribution in [3.63, 3.8) is 0 Å². The second-order valence-electron chi connectivity index (χ2n) is 11.4. The number of piperazine rings is 1. The molecular weight excluding hydrogens is 450 g/mol. The Labute approximate surface area is 215 Å². The fourth-order valence-electron chi connectivity index (χ4n) is 5.65. The molecule has 4 rings (SSSR count). The van der Waals surface area contributed by atoms with Crippen molar-refractivity contribution in [2.24, 2.45) is 5.73 Å². The van der Waals surface area contributed by atoms with E-state index >= 15 is 0 Å². The Hall–Kier alpha value is -2.90. The van der Waals surface area contributed by atoms with Gasteiger partial charge in [-0.25, -0.2) is 4.79 Å². The first kappa shape index (κ1) is 26.2. The minimum atomic E-state index is -0.460. The number of esters is 1. The Morgan fingerprint density at radius 1 is 1.00 bits per heavy atom. The molecular formula is C29H42N5O2+. The minimum Gasteiger partial charge on any atom is -0.456 e. The Morgan fingerprint density at radius 2 is 1.61 bits per heavy atom. The van der Waals surface area contributed by atoms with E-state index in [-0.39, 0.29) is 11.8 Å². The Bertz CT molecular complexity index is 1020. The summed E-state index contributed by atoms with van der Waals surface area (Å²) in [7, 11) is 0. The lowest BCUT2D eigenvalue weighted by atomic mass is 9.98. The number of rotatable bonds is 7. The largest absolute Gasteiger partial charge is 0.456 e. The first-order valence-corrected chi connectivity index (χ1v) is 13.2. The van der Waals surface area contributed by atoms with E-state index in [0.717, 1.165) is 68.7 Å². The molecule has 0 aliphatic carbocycles. The molecule has 2 aliphatic rings. The molecule has 0 aromatic heterocycles. The van der Waals surface area contributed by atoms with Gasteiger partial charge >= 0.3 is 5.97 Å². The number of carbonyl (C=O) groups is 1. The predicted octanol–water partition coefficient (Wildman–Crippen LogP) is 3.61. The molecule has 2 fully saturated rings. The van der Waals surface area contributed by atoms with Crippen LogP contribution < -0.4 is 10.6 Å². The van der Waals surface area contributed by atoms with Gasteiger partial charge < -0.3 is 19.9 Å². The van der Waals surface area contributed by atoms with Crippen molar-refractivity contribution >= 4 is 17.5 Å². The van der Waals surface area contributed by atoms with Crippen molar-refractivity contribution in [2.75, 3.05) is 50.7 Å². The SMILES string of the molecule is CC(C)(C)OC(=O)C[N+]1(Cc2ccccc2)CCC(N2CCN(c3ccc(C(=N)N)cc3)CC2)CC1. The average Bonchev–Trinajstić information content (AvgIpc) is 2.84. The Balaban J connectivity index is 1.35. The molecule has 2 aromatic rings. The van der Waals surface area contributed by atoms with Crippen LogP contribution in [0.2, 0.25) is 0 Å². The third-order valence-electron chi connectivity index (χ3n) is 7.49. The van der Waals surface area contributed by atoms with E-state index in [1.807, 2.05) is 39.0 Å². The van der Waals surface area contributed by atoms with Crippen LogP contribution in [0, 0.1) is 5.41 Å². The zero-order chi connectivity index (χ0) is 25.8. The molecule has 0 atom stereocenters. The summed E-state index contributed by atoms with van der Waals surface area (Å²) in [6.07, 6.45) is 2.20. The van der Waals surface area contributed by atoms with Crippen LogP contribution in [0.1, 0.15) is 44.7 Å². The highest BCUT2D eigenvalue weighted by molar-refractivity contribution is 5.95. The van der Waals surface area contributed by atoms with E-state index in [9.17, 15) is 4.79 Å². The van der Waals surface area contributed by atoms with Crippen LogP contribution in [0.4, 0.5) is 5.69 Å². The first-order valence-electron chi connectivity index (χ1n) is 13.2. The molecule has 0 saturated carbocycles. The Kier molecular flexibility index (Phi) is 8.00. The van der Waals surface area contributed by atoms with Gasteiger partial charge in [-0.05, 0) is 45.0 Å². The van der Waals surface area contributed by atoms with Gasteiger partial charge in [0.2, 0.25) is 0 Å². The standard InChI is InChI=1S/C29H42N5O2/c1-29(2,3)36-27(35)22-34(21-23-7-5-4-6-8-23)19-13-26(14-20-34)33-17-15-32(16-18-33)25-11-9-24(10-12-25)28(30)31/h4-12,26H,13-22H2,1-3H3,(H3,30,31)/q+1. The number of nitrogens with two attached hydrogens (primary N) is 1. The third-order valence-corrected chi connectivity index (χ3v) is 7.49. The summed E-state index contributed by atoms with van der Waals surface area (Å²) in [4.78, 5) is 17.9. The van der Waals surface area contributed by atoms with Gasteiger partial charge in [0.1, 0.15) is 18.0 Å². The van der Waals surface area contributed by atoms with Crippen molar-refractivity contribution in [1.29, 1.82) is 5.41 Å². The van der Waals surface area contributed by atoms with Crippen LogP contribution in [0.25, 0.3) is 0 Å². The molecule has 194 valence electrons. The number of hydrogen-bond donors (Lipinski definition) is 2. The molecule has 2 heterocycles. The monoisotopic (exact) mass is 492 g/mol. The molecule has 0 radical (unpaired) electrons. The summed E-state index contributed by atoms with van der Waals surface area (Å²) in [6.45, 7) is 13.2. The molecule has 36 heavy (non-hydrogen) atoms. The zero-order valence-corrected chi connectivity index (χ0v) is 22.1. The number of nitrogens with one attached hydrogen (secondary N) is 1. The number of hydrogen-bond acceptors (Lipinski definition) is 5. The second-order valence-corrected chi connectivity index (χ2v) is 11.4. The average molecular weight is 493 g/mol. The maximum absolute atomic E-state index is 12.9. The van der Waals surface area contributed by atoms with Gasteiger partial charge in [-0.15, -0.1) is 0 Å². The van der Waals surface area contributed by atoms with Gasteiger partial charge in [0, 0.05) is 61.9 Å². The maximum atomic E-state index is 12.9. The number of nitrogen functional groups attached to an aromatic ring is 1. The van der Waals surface area contributed by atoms with Gasteiger partial charge in [0.05, 0.1) is 13.1 Å². The van der Waals surface area contributed by atoms with Gasteiger partial charge in [-0.3, -0.25) is 10.3 Å². The van der Waals surface area contributed by atoms with Crippen LogP contribution >= 0.6 is 0 Å². The maximum Gasteiger partial charge on any atom is 0.362 e. The number of quaternary nitrogens is 1. The van der Waals surface area contributed by atoms with Crippen LogP contribution in [0.5, 0.6) is 0 Å². The number of benzene rings is 2. The summed E-state index contributed by atoms with van der Waals surface area (Å²) in [6, 6.07) is 19.1. The van der Waals surface area contributed by atoms with Gasteiger partial charge in [0.15, 0.2) is 6.54 Å². The first-order chi connectivity index (χ1) is 17.1. The van der Waals surface area contributed by atoms with E-state index in [2.05, 4.69) is 46.2 Å². The molecule has 0 spiro atoms. The number of piperidine rings is 1. The van der Waals surface area contributed by atoms with Crippen molar-refractivity contribution < 1.29 is 14.0 Å². The van der Waals surface area contributed by atoms with E-state index in [0.29, 0.717) is 12.6 Å². The minimum absolute atomic E-state index is 0.0960. The smallest absolute Gasteiger partial charge is 0.362 e. The summed E-state index contributed by atoms with van der Waals surface area (Å²) in [5, 5.41) is 7.59. The zero-order valence-electron chi connectivity index (χ0n) is 22.1. The van der Waals surface area contributed by atoms with Crippen molar-refractivity contribution in [3.05, 3.63) is 65.7 Å². The fourth-order valence-corrected chi connectivity index (χ4v) is 5.65. The number of amidine groups is 1. The van der Waals surface area contributed by atoms with Gasteiger partial charge in [0.25, 0.3) is 0 Å². The predicted molar refractivity (Wildman–Crippen MR) is 145 cm³/mol. The van der Waals surface area contributed by atoms with Crippen molar-refractivity contribution in [2.45, 2.75) is 51.8 Å². The van der Waals surface area contributed by atoms with Crippen LogP contribution in [-0.2, 0) is 16.1 Å². The van der Waals surface area contributed by atoms with Crippen molar-refractivity contribution in [3.8, 4) is 0 Å². The van der Waals surface area contributed by atoms with Gasteiger partial charge in [-0.1, -0.05) is 30.3 Å². The van der Waals surface area contributed by atoms with Crippen LogP contribution in [0.3, 0.4) is 0 Å². The highest BCUT2D eigenvalue weighted by Gasteiger charge is 2.39. The molecule has 7 heteroatoms. The normalized spacial score (nSPS) is 23.3. The van der Waals surface area contributed by atoms with E-state index in [4.69, 9.17) is 15.9 Å². The highest BCUT2D eigenvalue weighted by atomic mass is 16.6. The summed E-state index contributed by atoms with van der Waals surface area (Å²) in [5.41, 5.74) is 8.38. The molecule has 0 bridgehead atoms. The third kappa shape index (κ3) is 6.86. The molecule has 2 saturated heterocycles. The molecule has 7 nitrogen and oxygen atoms in total. The molecule has 0 amide bonds. The number of nitrogens with zero attached hydrogens (tertiary/aromatic N) is 3. The number of likely N-dealkylation sites (tertiary alicyclic amines) is 1. The van der Waals surface area contributed by atoms with E-state index in [1.165, 1.54) is 11.3 Å².